The predicted octanol–water partition coefficient (Wildman–Crippen LogP) is 4.56. The molecule has 112 valence electrons. The second-order valence-corrected chi connectivity index (χ2v) is 6.70. The third kappa shape index (κ3) is 4.31. The molecule has 0 amide bonds. The Morgan fingerprint density at radius 2 is 1.95 bits per heavy atom. The average Bonchev–Trinajstić information content (AvgIpc) is 2.38. The molecule has 1 aliphatic rings. The fourth-order valence-electron chi connectivity index (χ4n) is 3.61. The van der Waals surface area contributed by atoms with Gasteiger partial charge in [0.05, 0.1) is 0 Å². The molecule has 1 aliphatic carbocycles. The van der Waals surface area contributed by atoms with E-state index in [1.54, 1.807) is 12.1 Å². The van der Waals surface area contributed by atoms with Crippen molar-refractivity contribution < 1.29 is 4.39 Å². The molecule has 0 spiro atoms. The maximum atomic E-state index is 13.2. The molecule has 1 saturated carbocycles. The summed E-state index contributed by atoms with van der Waals surface area (Å²) in [5.74, 6) is 1.40. The van der Waals surface area contributed by atoms with Crippen molar-refractivity contribution in [2.45, 2.75) is 65.0 Å². The van der Waals surface area contributed by atoms with Gasteiger partial charge in [-0.25, -0.2) is 4.39 Å². The highest BCUT2D eigenvalue weighted by Gasteiger charge is 2.28. The third-order valence-electron chi connectivity index (χ3n) is 4.61. The highest BCUT2D eigenvalue weighted by atomic mass is 19.1. The molecule has 0 bridgehead atoms. The molecule has 1 fully saturated rings. The van der Waals surface area contributed by atoms with Crippen LogP contribution in [0, 0.1) is 17.7 Å². The van der Waals surface area contributed by atoms with Crippen LogP contribution in [0.5, 0.6) is 0 Å². The summed E-state index contributed by atoms with van der Waals surface area (Å²) in [6.07, 6.45) is 6.25. The van der Waals surface area contributed by atoms with Gasteiger partial charge < -0.3 is 5.32 Å². The van der Waals surface area contributed by atoms with E-state index >= 15 is 0 Å². The van der Waals surface area contributed by atoms with Crippen molar-refractivity contribution in [3.63, 3.8) is 0 Å². The van der Waals surface area contributed by atoms with E-state index in [9.17, 15) is 4.39 Å². The summed E-state index contributed by atoms with van der Waals surface area (Å²) in [5, 5.41) is 3.80. The Morgan fingerprint density at radius 3 is 2.65 bits per heavy atom. The molecule has 0 radical (unpaired) electrons. The Kier molecular flexibility index (Phi) is 5.59. The summed E-state index contributed by atoms with van der Waals surface area (Å²) in [7, 11) is 0. The van der Waals surface area contributed by atoms with Gasteiger partial charge in [-0.05, 0) is 55.7 Å². The number of rotatable bonds is 5. The molecule has 3 unspecified atom stereocenters. The van der Waals surface area contributed by atoms with Crippen molar-refractivity contribution in [3.8, 4) is 0 Å². The number of hydrogen-bond acceptors (Lipinski definition) is 1. The van der Waals surface area contributed by atoms with Crippen LogP contribution in [0.3, 0.4) is 0 Å². The molecular weight excluding hydrogens is 249 g/mol. The smallest absolute Gasteiger partial charge is 0.123 e. The van der Waals surface area contributed by atoms with Crippen molar-refractivity contribution in [2.24, 2.45) is 11.8 Å². The minimum Gasteiger partial charge on any atom is -0.311 e. The molecule has 20 heavy (non-hydrogen) atoms. The van der Waals surface area contributed by atoms with Gasteiger partial charge in [0.15, 0.2) is 0 Å². The quantitative estimate of drug-likeness (QED) is 0.832. The van der Waals surface area contributed by atoms with E-state index in [1.165, 1.54) is 31.7 Å². The monoisotopic (exact) mass is 277 g/mol. The number of nitrogens with one attached hydrogen (secondary N) is 1. The lowest BCUT2D eigenvalue weighted by Gasteiger charge is -2.37. The molecule has 1 nitrogen and oxygen atoms in total. The Hall–Kier alpha value is -0.890. The lowest BCUT2D eigenvalue weighted by atomic mass is 9.77. The fraction of sp³-hybridized carbons (Fsp3) is 0.667. The van der Waals surface area contributed by atoms with E-state index in [0.717, 1.165) is 23.8 Å². The number of hydrogen-bond donors (Lipinski definition) is 1. The van der Waals surface area contributed by atoms with Crippen LogP contribution in [0.2, 0.25) is 0 Å². The molecule has 0 aromatic heterocycles. The average molecular weight is 277 g/mol. The molecule has 0 heterocycles. The van der Waals surface area contributed by atoms with Crippen LogP contribution in [0.1, 0.15) is 52.0 Å². The summed E-state index contributed by atoms with van der Waals surface area (Å²) in [5.41, 5.74) is 1.09. The molecule has 2 heteroatoms. The molecule has 2 rings (SSSR count). The zero-order valence-corrected chi connectivity index (χ0v) is 13.0. The molecule has 3 atom stereocenters. The molecular formula is C18H28FN. The van der Waals surface area contributed by atoms with E-state index in [0.29, 0.717) is 12.1 Å². The van der Waals surface area contributed by atoms with Gasteiger partial charge in [0, 0.05) is 12.1 Å². The van der Waals surface area contributed by atoms with Crippen molar-refractivity contribution in [3.05, 3.63) is 35.6 Å². The second-order valence-electron chi connectivity index (χ2n) is 6.70. The van der Waals surface area contributed by atoms with Crippen LogP contribution >= 0.6 is 0 Å². The lowest BCUT2D eigenvalue weighted by molar-refractivity contribution is 0.194. The Labute approximate surface area is 123 Å². The van der Waals surface area contributed by atoms with E-state index in [-0.39, 0.29) is 5.82 Å². The van der Waals surface area contributed by atoms with Gasteiger partial charge in [0.2, 0.25) is 0 Å². The molecule has 0 aliphatic heterocycles. The van der Waals surface area contributed by atoms with Gasteiger partial charge in [0.1, 0.15) is 5.82 Å². The largest absolute Gasteiger partial charge is 0.311 e. The SMILES string of the molecule is CC(Cc1cccc(F)c1)NC1CCCCC1C(C)C. The fourth-order valence-corrected chi connectivity index (χ4v) is 3.61. The Balaban J connectivity index is 1.91. The predicted molar refractivity (Wildman–Crippen MR) is 83.3 cm³/mol. The van der Waals surface area contributed by atoms with Crippen LogP contribution < -0.4 is 5.32 Å². The van der Waals surface area contributed by atoms with Crippen molar-refractivity contribution >= 4 is 0 Å². The standard InChI is InChI=1S/C18H28FN/c1-13(2)17-9-4-5-10-18(17)20-14(3)11-15-7-6-8-16(19)12-15/h6-8,12-14,17-18,20H,4-5,9-11H2,1-3H3. The van der Waals surface area contributed by atoms with Crippen molar-refractivity contribution in [1.29, 1.82) is 0 Å². The minimum atomic E-state index is -0.132. The first kappa shape index (κ1) is 15.5. The number of halogens is 1. The van der Waals surface area contributed by atoms with Crippen LogP contribution in [0.4, 0.5) is 4.39 Å². The van der Waals surface area contributed by atoms with Crippen LogP contribution in [0.15, 0.2) is 24.3 Å². The second kappa shape index (κ2) is 7.21. The highest BCUT2D eigenvalue weighted by Crippen LogP contribution is 2.30. The highest BCUT2D eigenvalue weighted by molar-refractivity contribution is 5.17. The first-order valence-corrected chi connectivity index (χ1v) is 8.06. The molecule has 1 aromatic carbocycles. The molecule has 1 N–H and O–H groups in total. The van der Waals surface area contributed by atoms with Gasteiger partial charge in [-0.15, -0.1) is 0 Å². The summed E-state index contributed by atoms with van der Waals surface area (Å²) in [6, 6.07) is 8.02. The first-order valence-electron chi connectivity index (χ1n) is 8.06. The van der Waals surface area contributed by atoms with Crippen LogP contribution in [-0.4, -0.2) is 12.1 Å². The van der Waals surface area contributed by atoms with Gasteiger partial charge >= 0.3 is 0 Å². The van der Waals surface area contributed by atoms with E-state index in [2.05, 4.69) is 26.1 Å². The van der Waals surface area contributed by atoms with Gasteiger partial charge in [0.25, 0.3) is 0 Å². The zero-order chi connectivity index (χ0) is 14.5. The maximum absolute atomic E-state index is 13.2. The first-order chi connectivity index (χ1) is 9.56. The van der Waals surface area contributed by atoms with Gasteiger partial charge in [-0.2, -0.15) is 0 Å². The molecule has 0 saturated heterocycles. The lowest BCUT2D eigenvalue weighted by Crippen LogP contribution is -2.45. The van der Waals surface area contributed by atoms with E-state index in [4.69, 9.17) is 0 Å². The van der Waals surface area contributed by atoms with Crippen molar-refractivity contribution in [2.75, 3.05) is 0 Å². The van der Waals surface area contributed by atoms with Gasteiger partial charge in [-0.3, -0.25) is 0 Å². The normalized spacial score (nSPS) is 24.9. The zero-order valence-electron chi connectivity index (χ0n) is 13.0. The van der Waals surface area contributed by atoms with Crippen molar-refractivity contribution in [1.82, 2.24) is 5.32 Å². The third-order valence-corrected chi connectivity index (χ3v) is 4.61. The maximum Gasteiger partial charge on any atom is 0.123 e. The number of benzene rings is 1. The minimum absolute atomic E-state index is 0.132. The van der Waals surface area contributed by atoms with Crippen LogP contribution in [0.25, 0.3) is 0 Å². The van der Waals surface area contributed by atoms with E-state index in [1.807, 2.05) is 6.07 Å². The summed E-state index contributed by atoms with van der Waals surface area (Å²) in [6.45, 7) is 6.89. The summed E-state index contributed by atoms with van der Waals surface area (Å²) < 4.78 is 13.2. The topological polar surface area (TPSA) is 12.0 Å². The Morgan fingerprint density at radius 1 is 1.20 bits per heavy atom. The summed E-state index contributed by atoms with van der Waals surface area (Å²) in [4.78, 5) is 0. The van der Waals surface area contributed by atoms with Crippen LogP contribution in [-0.2, 0) is 6.42 Å². The van der Waals surface area contributed by atoms with E-state index < -0.39 is 0 Å². The molecule has 1 aromatic rings. The van der Waals surface area contributed by atoms with Gasteiger partial charge in [-0.1, -0.05) is 38.8 Å². The summed E-state index contributed by atoms with van der Waals surface area (Å²) >= 11 is 0. The Bertz CT molecular complexity index is 416.